The molecule has 1 aromatic heterocycles. The Morgan fingerprint density at radius 2 is 2.00 bits per heavy atom. The Kier molecular flexibility index (Phi) is 4.46. The molecule has 20 heavy (non-hydrogen) atoms. The molecule has 3 N–H and O–H groups in total. The van der Waals surface area contributed by atoms with Gasteiger partial charge in [-0.15, -0.1) is 11.3 Å². The highest BCUT2D eigenvalue weighted by Crippen LogP contribution is 2.16. The van der Waals surface area contributed by atoms with E-state index in [1.807, 2.05) is 5.38 Å². The van der Waals surface area contributed by atoms with E-state index in [9.17, 15) is 9.59 Å². The van der Waals surface area contributed by atoms with Crippen molar-refractivity contribution in [2.45, 2.75) is 0 Å². The molecule has 0 aliphatic rings. The molecule has 0 fully saturated rings. The van der Waals surface area contributed by atoms with Crippen LogP contribution in [0.4, 0.5) is 4.79 Å². The molecule has 0 spiro atoms. The van der Waals surface area contributed by atoms with Crippen molar-refractivity contribution in [3.05, 3.63) is 52.2 Å². The van der Waals surface area contributed by atoms with Crippen molar-refractivity contribution < 1.29 is 14.3 Å². The topological polar surface area (TPSA) is 93.8 Å². The van der Waals surface area contributed by atoms with Crippen LogP contribution in [-0.4, -0.2) is 18.2 Å². The van der Waals surface area contributed by atoms with Gasteiger partial charge in [0.05, 0.1) is 6.21 Å². The average Bonchev–Trinajstić information content (AvgIpc) is 2.94. The third-order valence-electron chi connectivity index (χ3n) is 2.20. The minimum absolute atomic E-state index is 0.392. The Balaban J connectivity index is 1.96. The fourth-order valence-electron chi connectivity index (χ4n) is 1.34. The molecule has 0 aliphatic heterocycles. The molecule has 7 heteroatoms. The van der Waals surface area contributed by atoms with Gasteiger partial charge in [0, 0.05) is 0 Å². The molecule has 0 aliphatic carbocycles. The van der Waals surface area contributed by atoms with Gasteiger partial charge in [0.2, 0.25) is 0 Å². The first-order valence-corrected chi connectivity index (χ1v) is 6.47. The molecule has 2 rings (SSSR count). The minimum Gasteiger partial charge on any atom is -0.422 e. The summed E-state index contributed by atoms with van der Waals surface area (Å²) in [6, 6.07) is 9.42. The van der Waals surface area contributed by atoms with Gasteiger partial charge in [-0.2, -0.15) is 5.10 Å². The highest BCUT2D eigenvalue weighted by molar-refractivity contribution is 7.12. The van der Waals surface area contributed by atoms with E-state index in [0.717, 1.165) is 5.56 Å². The van der Waals surface area contributed by atoms with Gasteiger partial charge in [-0.05, 0) is 41.3 Å². The summed E-state index contributed by atoms with van der Waals surface area (Å²) in [5.74, 6) is 0.0419. The smallest absolute Gasteiger partial charge is 0.353 e. The van der Waals surface area contributed by atoms with Gasteiger partial charge in [-0.25, -0.2) is 15.0 Å². The zero-order valence-corrected chi connectivity index (χ0v) is 11.1. The van der Waals surface area contributed by atoms with Gasteiger partial charge in [-0.3, -0.25) is 0 Å². The number of primary amides is 1. The number of urea groups is 1. The van der Waals surface area contributed by atoms with Crippen LogP contribution in [0.3, 0.4) is 0 Å². The fraction of sp³-hybridized carbons (Fsp3) is 0. The van der Waals surface area contributed by atoms with E-state index in [1.165, 1.54) is 17.6 Å². The van der Waals surface area contributed by atoms with Gasteiger partial charge < -0.3 is 10.5 Å². The van der Waals surface area contributed by atoms with E-state index in [2.05, 4.69) is 10.5 Å². The number of amides is 2. The number of carbonyl (C=O) groups excluding carboxylic acids is 2. The van der Waals surface area contributed by atoms with Crippen molar-refractivity contribution in [3.8, 4) is 5.75 Å². The minimum atomic E-state index is -0.734. The molecule has 1 aromatic carbocycles. The van der Waals surface area contributed by atoms with E-state index in [0.29, 0.717) is 10.6 Å². The van der Waals surface area contributed by atoms with E-state index in [1.54, 1.807) is 36.4 Å². The zero-order valence-electron chi connectivity index (χ0n) is 10.3. The number of hydrogen-bond donors (Lipinski definition) is 2. The molecule has 0 saturated carbocycles. The Morgan fingerprint density at radius 3 is 2.60 bits per heavy atom. The summed E-state index contributed by atoms with van der Waals surface area (Å²) in [4.78, 5) is 22.7. The van der Waals surface area contributed by atoms with Crippen molar-refractivity contribution in [1.82, 2.24) is 5.43 Å². The van der Waals surface area contributed by atoms with Crippen LogP contribution in [0.25, 0.3) is 0 Å². The molecular formula is C13H11N3O3S. The number of esters is 1. The maximum absolute atomic E-state index is 11.7. The normalized spacial score (nSPS) is 10.4. The van der Waals surface area contributed by atoms with Crippen molar-refractivity contribution >= 4 is 29.6 Å². The molecule has 2 amide bonds. The number of nitrogens with two attached hydrogens (primary N) is 1. The van der Waals surface area contributed by atoms with Crippen LogP contribution in [0.1, 0.15) is 15.2 Å². The highest BCUT2D eigenvalue weighted by atomic mass is 32.1. The quantitative estimate of drug-likeness (QED) is 0.390. The fourth-order valence-corrected chi connectivity index (χ4v) is 1.94. The second kappa shape index (κ2) is 6.48. The van der Waals surface area contributed by atoms with Crippen LogP contribution < -0.4 is 15.9 Å². The second-order valence-electron chi connectivity index (χ2n) is 3.67. The monoisotopic (exact) mass is 289 g/mol. The van der Waals surface area contributed by atoms with Gasteiger partial charge in [-0.1, -0.05) is 6.07 Å². The molecule has 0 unspecified atom stereocenters. The lowest BCUT2D eigenvalue weighted by Gasteiger charge is -2.02. The van der Waals surface area contributed by atoms with E-state index in [-0.39, 0.29) is 0 Å². The third-order valence-corrected chi connectivity index (χ3v) is 3.05. The third kappa shape index (κ3) is 3.92. The van der Waals surface area contributed by atoms with Crippen LogP contribution >= 0.6 is 11.3 Å². The molecule has 2 aromatic rings. The lowest BCUT2D eigenvalue weighted by Crippen LogP contribution is -2.24. The van der Waals surface area contributed by atoms with Crippen LogP contribution in [0.15, 0.2) is 46.9 Å². The zero-order chi connectivity index (χ0) is 14.4. The van der Waals surface area contributed by atoms with Crippen LogP contribution in [-0.2, 0) is 0 Å². The lowest BCUT2D eigenvalue weighted by atomic mass is 10.2. The number of nitrogens with zero attached hydrogens (tertiary/aromatic N) is 1. The first-order chi connectivity index (χ1) is 9.65. The number of hydrazone groups is 1. The van der Waals surface area contributed by atoms with Gasteiger partial charge in [0.25, 0.3) is 0 Å². The highest BCUT2D eigenvalue weighted by Gasteiger charge is 2.08. The molecule has 0 atom stereocenters. The number of carbonyl (C=O) groups is 2. The molecule has 0 bridgehead atoms. The van der Waals surface area contributed by atoms with Crippen LogP contribution in [0, 0.1) is 0 Å². The number of benzene rings is 1. The first kappa shape index (κ1) is 13.8. The molecule has 1 heterocycles. The van der Waals surface area contributed by atoms with Crippen molar-refractivity contribution in [1.29, 1.82) is 0 Å². The summed E-state index contributed by atoms with van der Waals surface area (Å²) in [6.07, 6.45) is 1.43. The Bertz CT molecular complexity index is 621. The van der Waals surface area contributed by atoms with Gasteiger partial charge in [0.1, 0.15) is 10.6 Å². The van der Waals surface area contributed by atoms with Crippen LogP contribution in [0.5, 0.6) is 5.75 Å². The number of ether oxygens (including phenoxy) is 1. The maximum atomic E-state index is 11.7. The van der Waals surface area contributed by atoms with Gasteiger partial charge in [0.15, 0.2) is 0 Å². The van der Waals surface area contributed by atoms with E-state index >= 15 is 0 Å². The van der Waals surface area contributed by atoms with Gasteiger partial charge >= 0.3 is 12.0 Å². The molecule has 102 valence electrons. The Hall–Kier alpha value is -2.67. The van der Waals surface area contributed by atoms with Crippen LogP contribution in [0.2, 0.25) is 0 Å². The predicted molar refractivity (Wildman–Crippen MR) is 76.0 cm³/mol. The lowest BCUT2D eigenvalue weighted by molar-refractivity contribution is 0.0740. The summed E-state index contributed by atoms with van der Waals surface area (Å²) in [5, 5.41) is 5.42. The number of rotatable bonds is 4. The Labute approximate surface area is 118 Å². The standard InChI is InChI=1S/C13H11N3O3S/c14-13(18)16-15-8-9-3-5-10(6-4-9)19-12(17)11-2-1-7-20-11/h1-8H,(H3,14,16,18)/b15-8-. The first-order valence-electron chi connectivity index (χ1n) is 5.59. The number of hydrogen-bond acceptors (Lipinski definition) is 5. The molecule has 0 saturated heterocycles. The summed E-state index contributed by atoms with van der Waals surface area (Å²) in [7, 11) is 0. The Morgan fingerprint density at radius 1 is 1.25 bits per heavy atom. The molecule has 0 radical (unpaired) electrons. The second-order valence-corrected chi connectivity index (χ2v) is 4.62. The average molecular weight is 289 g/mol. The van der Waals surface area contributed by atoms with Crippen molar-refractivity contribution in [3.63, 3.8) is 0 Å². The number of thiophene rings is 1. The summed E-state index contributed by atoms with van der Waals surface area (Å²) < 4.78 is 5.19. The summed E-state index contributed by atoms with van der Waals surface area (Å²) >= 11 is 1.32. The predicted octanol–water partition coefficient (Wildman–Crippen LogP) is 1.97. The van der Waals surface area contributed by atoms with E-state index < -0.39 is 12.0 Å². The SMILES string of the molecule is NC(=O)N/N=C\c1ccc(OC(=O)c2cccs2)cc1. The molecular weight excluding hydrogens is 278 g/mol. The summed E-state index contributed by atoms with van der Waals surface area (Å²) in [5.41, 5.74) is 7.68. The largest absolute Gasteiger partial charge is 0.422 e. The maximum Gasteiger partial charge on any atom is 0.353 e. The van der Waals surface area contributed by atoms with E-state index in [4.69, 9.17) is 10.5 Å². The summed E-state index contributed by atoms with van der Waals surface area (Å²) in [6.45, 7) is 0. The van der Waals surface area contributed by atoms with Crippen molar-refractivity contribution in [2.24, 2.45) is 10.8 Å². The van der Waals surface area contributed by atoms with Crippen molar-refractivity contribution in [2.75, 3.05) is 0 Å². The number of nitrogens with one attached hydrogen (secondary N) is 1. The molecule has 6 nitrogen and oxygen atoms in total.